The molecule has 0 radical (unpaired) electrons. The van der Waals surface area contributed by atoms with Crippen LogP contribution in [-0.4, -0.2) is 24.2 Å². The monoisotopic (exact) mass is 274 g/mol. The lowest BCUT2D eigenvalue weighted by atomic mass is 10.3. The van der Waals surface area contributed by atoms with Crippen LogP contribution in [0.2, 0.25) is 5.02 Å². The number of hydrogen-bond donors (Lipinski definition) is 0. The van der Waals surface area contributed by atoms with E-state index in [9.17, 15) is 0 Å². The molecule has 1 fully saturated rings. The van der Waals surface area contributed by atoms with Crippen molar-refractivity contribution in [3.8, 4) is 5.75 Å². The highest BCUT2D eigenvalue weighted by Gasteiger charge is 2.24. The minimum Gasteiger partial charge on any atom is -0.488 e. The minimum absolute atomic E-state index is 0.195. The van der Waals surface area contributed by atoms with Crippen LogP contribution in [0, 0.1) is 0 Å². The third kappa shape index (κ3) is 2.99. The maximum atomic E-state index is 5.95. The van der Waals surface area contributed by atoms with Gasteiger partial charge in [-0.2, -0.15) is 0 Å². The average Bonchev–Trinajstić information content (AvgIpc) is 2.88. The second kappa shape index (κ2) is 5.49. The number of halogens is 1. The molecule has 0 amide bonds. The predicted molar refractivity (Wildman–Crippen MR) is 76.9 cm³/mol. The summed E-state index contributed by atoms with van der Waals surface area (Å²) in [5, 5.41) is 0.706. The molecule has 1 saturated heterocycles. The summed E-state index contributed by atoms with van der Waals surface area (Å²) < 4.78 is 5.95. The van der Waals surface area contributed by atoms with Crippen molar-refractivity contribution in [3.63, 3.8) is 0 Å². The van der Waals surface area contributed by atoms with Gasteiger partial charge in [-0.15, -0.1) is 0 Å². The fourth-order valence-electron chi connectivity index (χ4n) is 2.31. The lowest BCUT2D eigenvalue weighted by Crippen LogP contribution is -2.25. The van der Waals surface area contributed by atoms with Gasteiger partial charge >= 0.3 is 0 Å². The summed E-state index contributed by atoms with van der Waals surface area (Å²) in [6.45, 7) is 1.84. The van der Waals surface area contributed by atoms with Gasteiger partial charge in [0, 0.05) is 24.2 Å². The molecule has 3 nitrogen and oxygen atoms in total. The van der Waals surface area contributed by atoms with Crippen molar-refractivity contribution < 1.29 is 4.74 Å². The molecule has 19 heavy (non-hydrogen) atoms. The molecule has 1 unspecified atom stereocenters. The van der Waals surface area contributed by atoms with Crippen LogP contribution in [0.1, 0.15) is 6.42 Å². The van der Waals surface area contributed by atoms with E-state index in [1.165, 1.54) is 0 Å². The van der Waals surface area contributed by atoms with E-state index in [1.54, 1.807) is 0 Å². The van der Waals surface area contributed by atoms with Crippen LogP contribution in [0.25, 0.3) is 0 Å². The van der Waals surface area contributed by atoms with Crippen molar-refractivity contribution in [1.82, 2.24) is 4.98 Å². The number of ether oxygens (including phenoxy) is 1. The Bertz CT molecular complexity index is 547. The summed E-state index contributed by atoms with van der Waals surface area (Å²) in [7, 11) is 0. The summed E-state index contributed by atoms with van der Waals surface area (Å²) >= 11 is 5.95. The number of pyridine rings is 1. The average molecular weight is 275 g/mol. The summed E-state index contributed by atoms with van der Waals surface area (Å²) in [5.74, 6) is 1.85. The number of benzene rings is 1. The van der Waals surface area contributed by atoms with Gasteiger partial charge in [0.25, 0.3) is 0 Å². The highest BCUT2D eigenvalue weighted by Crippen LogP contribution is 2.23. The first-order chi connectivity index (χ1) is 9.31. The van der Waals surface area contributed by atoms with Gasteiger partial charge in [0.15, 0.2) is 0 Å². The highest BCUT2D eigenvalue weighted by molar-refractivity contribution is 6.30. The highest BCUT2D eigenvalue weighted by atomic mass is 35.5. The van der Waals surface area contributed by atoms with Gasteiger partial charge < -0.3 is 9.64 Å². The molecule has 4 heteroatoms. The third-order valence-electron chi connectivity index (χ3n) is 3.22. The number of anilines is 1. The molecule has 0 bridgehead atoms. The topological polar surface area (TPSA) is 25.4 Å². The van der Waals surface area contributed by atoms with Gasteiger partial charge in [0.05, 0.1) is 6.54 Å². The van der Waals surface area contributed by atoms with E-state index >= 15 is 0 Å². The molecule has 0 spiro atoms. The largest absolute Gasteiger partial charge is 0.488 e. The molecule has 1 aliphatic rings. The van der Waals surface area contributed by atoms with E-state index < -0.39 is 0 Å². The SMILES string of the molecule is Clc1cccc(OC2CCN(c3ccccn3)C2)c1. The molecule has 1 aromatic heterocycles. The molecule has 1 aliphatic heterocycles. The zero-order valence-corrected chi connectivity index (χ0v) is 11.3. The van der Waals surface area contributed by atoms with Crippen LogP contribution in [-0.2, 0) is 0 Å². The van der Waals surface area contributed by atoms with Crippen LogP contribution < -0.4 is 9.64 Å². The molecule has 0 saturated carbocycles. The van der Waals surface area contributed by atoms with Crippen molar-refractivity contribution in [1.29, 1.82) is 0 Å². The Morgan fingerprint density at radius 2 is 2.16 bits per heavy atom. The van der Waals surface area contributed by atoms with Crippen LogP contribution in [0.15, 0.2) is 48.7 Å². The van der Waals surface area contributed by atoms with E-state index in [4.69, 9.17) is 16.3 Å². The predicted octanol–water partition coefficient (Wildman–Crippen LogP) is 3.39. The van der Waals surface area contributed by atoms with E-state index in [0.29, 0.717) is 5.02 Å². The van der Waals surface area contributed by atoms with Crippen molar-refractivity contribution in [3.05, 3.63) is 53.7 Å². The van der Waals surface area contributed by atoms with Crippen LogP contribution >= 0.6 is 11.6 Å². The fraction of sp³-hybridized carbons (Fsp3) is 0.267. The van der Waals surface area contributed by atoms with E-state index in [1.807, 2.05) is 48.7 Å². The van der Waals surface area contributed by atoms with Gasteiger partial charge in [-0.05, 0) is 30.3 Å². The Kier molecular flexibility index (Phi) is 3.56. The smallest absolute Gasteiger partial charge is 0.128 e. The Morgan fingerprint density at radius 1 is 1.21 bits per heavy atom. The summed E-state index contributed by atoms with van der Waals surface area (Å²) in [6.07, 6.45) is 3.02. The summed E-state index contributed by atoms with van der Waals surface area (Å²) in [6, 6.07) is 13.5. The third-order valence-corrected chi connectivity index (χ3v) is 3.45. The first-order valence-electron chi connectivity index (χ1n) is 6.39. The Morgan fingerprint density at radius 3 is 2.95 bits per heavy atom. The molecule has 2 aromatic rings. The zero-order chi connectivity index (χ0) is 13.1. The van der Waals surface area contributed by atoms with Gasteiger partial charge in [-0.3, -0.25) is 0 Å². The summed E-state index contributed by atoms with van der Waals surface area (Å²) in [4.78, 5) is 6.61. The second-order valence-corrected chi connectivity index (χ2v) is 5.06. The van der Waals surface area contributed by atoms with Crippen molar-refractivity contribution in [2.75, 3.05) is 18.0 Å². The molecular weight excluding hydrogens is 260 g/mol. The molecule has 3 rings (SSSR count). The molecule has 0 aliphatic carbocycles. The van der Waals surface area contributed by atoms with Crippen molar-refractivity contribution in [2.45, 2.75) is 12.5 Å². The summed E-state index contributed by atoms with van der Waals surface area (Å²) in [5.41, 5.74) is 0. The van der Waals surface area contributed by atoms with Gasteiger partial charge in [0.2, 0.25) is 0 Å². The van der Waals surface area contributed by atoms with Crippen LogP contribution in [0.3, 0.4) is 0 Å². The molecule has 0 N–H and O–H groups in total. The molecule has 1 atom stereocenters. The maximum Gasteiger partial charge on any atom is 0.128 e. The van der Waals surface area contributed by atoms with E-state index in [0.717, 1.165) is 31.1 Å². The quantitative estimate of drug-likeness (QED) is 0.858. The number of rotatable bonds is 3. The Balaban J connectivity index is 1.63. The first-order valence-corrected chi connectivity index (χ1v) is 6.77. The molecule has 2 heterocycles. The van der Waals surface area contributed by atoms with Gasteiger partial charge in [0.1, 0.15) is 17.7 Å². The van der Waals surface area contributed by atoms with Crippen LogP contribution in [0.4, 0.5) is 5.82 Å². The van der Waals surface area contributed by atoms with E-state index in [-0.39, 0.29) is 6.10 Å². The minimum atomic E-state index is 0.195. The number of hydrogen-bond acceptors (Lipinski definition) is 3. The first kappa shape index (κ1) is 12.3. The lowest BCUT2D eigenvalue weighted by molar-refractivity contribution is 0.225. The molecular formula is C15H15ClN2O. The van der Waals surface area contributed by atoms with Crippen molar-refractivity contribution >= 4 is 17.4 Å². The second-order valence-electron chi connectivity index (χ2n) is 4.62. The Labute approximate surface area is 117 Å². The van der Waals surface area contributed by atoms with E-state index in [2.05, 4.69) is 9.88 Å². The number of aromatic nitrogens is 1. The van der Waals surface area contributed by atoms with Crippen LogP contribution in [0.5, 0.6) is 5.75 Å². The molecule has 1 aromatic carbocycles. The van der Waals surface area contributed by atoms with Gasteiger partial charge in [-0.1, -0.05) is 23.7 Å². The maximum absolute atomic E-state index is 5.95. The lowest BCUT2D eigenvalue weighted by Gasteiger charge is -2.17. The standard InChI is InChI=1S/C15H15ClN2O/c16-12-4-3-5-13(10-12)19-14-7-9-18(11-14)15-6-1-2-8-17-15/h1-6,8,10,14H,7,9,11H2. The number of nitrogens with zero attached hydrogens (tertiary/aromatic N) is 2. The fourth-order valence-corrected chi connectivity index (χ4v) is 2.49. The van der Waals surface area contributed by atoms with Gasteiger partial charge in [-0.25, -0.2) is 4.98 Å². The zero-order valence-electron chi connectivity index (χ0n) is 10.5. The molecule has 98 valence electrons. The Hall–Kier alpha value is -1.74. The van der Waals surface area contributed by atoms with Crippen molar-refractivity contribution in [2.24, 2.45) is 0 Å². The normalized spacial score (nSPS) is 18.6.